The van der Waals surface area contributed by atoms with Crippen LogP contribution in [0.3, 0.4) is 0 Å². The molecule has 0 saturated carbocycles. The van der Waals surface area contributed by atoms with Crippen molar-refractivity contribution in [3.05, 3.63) is 18.2 Å². The molecule has 118 valence electrons. The van der Waals surface area contributed by atoms with Crippen LogP contribution in [0.1, 0.15) is 13.3 Å². The second-order valence-electron chi connectivity index (χ2n) is 5.52. The molecule has 6 nitrogen and oxygen atoms in total. The van der Waals surface area contributed by atoms with Crippen molar-refractivity contribution in [3.63, 3.8) is 0 Å². The van der Waals surface area contributed by atoms with E-state index in [-0.39, 0.29) is 11.0 Å². The Morgan fingerprint density at radius 1 is 1.43 bits per heavy atom. The summed E-state index contributed by atoms with van der Waals surface area (Å²) >= 11 is 0. The molecule has 0 spiro atoms. The fourth-order valence-corrected chi connectivity index (χ4v) is 3.21. The number of ether oxygens (including phenoxy) is 1. The Balaban J connectivity index is 2.03. The molecule has 0 aliphatic carbocycles. The van der Waals surface area contributed by atoms with Gasteiger partial charge in [0.2, 0.25) is 10.0 Å². The maximum absolute atomic E-state index is 12.2. The molecule has 1 heterocycles. The van der Waals surface area contributed by atoms with Crippen molar-refractivity contribution in [1.82, 2.24) is 9.62 Å². The van der Waals surface area contributed by atoms with E-state index in [2.05, 4.69) is 10.0 Å². The third-order valence-corrected chi connectivity index (χ3v) is 4.70. The van der Waals surface area contributed by atoms with E-state index in [4.69, 9.17) is 4.74 Å². The number of hydrogen-bond acceptors (Lipinski definition) is 5. The molecular weight excluding hydrogens is 290 g/mol. The van der Waals surface area contributed by atoms with E-state index in [9.17, 15) is 8.42 Å². The zero-order valence-corrected chi connectivity index (χ0v) is 13.5. The van der Waals surface area contributed by atoms with Crippen LogP contribution >= 0.6 is 0 Å². The van der Waals surface area contributed by atoms with Gasteiger partial charge in [0.25, 0.3) is 0 Å². The summed E-state index contributed by atoms with van der Waals surface area (Å²) in [6.07, 6.45) is 0.861. The minimum atomic E-state index is -3.47. The zero-order chi connectivity index (χ0) is 15.5. The van der Waals surface area contributed by atoms with E-state index >= 15 is 0 Å². The number of benzene rings is 1. The summed E-state index contributed by atoms with van der Waals surface area (Å²) in [7, 11) is 0.457. The number of nitrogens with one attached hydrogen (secondary N) is 2. The minimum Gasteiger partial charge on any atom is -0.487 e. The fraction of sp³-hybridized carbons (Fsp3) is 0.571. The Kier molecular flexibility index (Phi) is 5.08. The van der Waals surface area contributed by atoms with Crippen LogP contribution in [-0.2, 0) is 10.0 Å². The first kappa shape index (κ1) is 16.1. The molecule has 0 aromatic heterocycles. The third-order valence-electron chi connectivity index (χ3n) is 3.24. The number of sulfonamides is 1. The molecule has 1 aliphatic rings. The van der Waals surface area contributed by atoms with Gasteiger partial charge in [-0.3, -0.25) is 0 Å². The van der Waals surface area contributed by atoms with Crippen molar-refractivity contribution in [2.45, 2.75) is 24.3 Å². The van der Waals surface area contributed by atoms with Crippen molar-refractivity contribution < 1.29 is 13.2 Å². The van der Waals surface area contributed by atoms with Crippen LogP contribution in [0.15, 0.2) is 23.1 Å². The summed E-state index contributed by atoms with van der Waals surface area (Å²) in [6.45, 7) is 3.91. The van der Waals surface area contributed by atoms with Crippen LogP contribution in [-0.4, -0.2) is 53.2 Å². The third kappa shape index (κ3) is 4.33. The molecule has 1 atom stereocenters. The van der Waals surface area contributed by atoms with E-state index < -0.39 is 10.0 Å². The molecule has 1 aromatic carbocycles. The lowest BCUT2D eigenvalue weighted by atomic mass is 10.2. The fourth-order valence-electron chi connectivity index (χ4n) is 2.11. The Morgan fingerprint density at radius 2 is 2.19 bits per heavy atom. The van der Waals surface area contributed by atoms with Gasteiger partial charge in [-0.1, -0.05) is 0 Å². The summed E-state index contributed by atoms with van der Waals surface area (Å²) in [5, 5.41) is 3.18. The molecule has 1 aliphatic heterocycles. The Bertz CT molecular complexity index is 587. The first-order chi connectivity index (χ1) is 9.88. The number of anilines is 1. The van der Waals surface area contributed by atoms with Crippen molar-refractivity contribution in [2.75, 3.05) is 39.0 Å². The molecule has 0 bridgehead atoms. The van der Waals surface area contributed by atoms with Gasteiger partial charge < -0.3 is 15.0 Å². The topological polar surface area (TPSA) is 70.7 Å². The molecule has 1 unspecified atom stereocenters. The van der Waals surface area contributed by atoms with Gasteiger partial charge in [0.1, 0.15) is 11.9 Å². The van der Waals surface area contributed by atoms with Crippen LogP contribution in [0.4, 0.5) is 5.69 Å². The highest BCUT2D eigenvalue weighted by atomic mass is 32.2. The maximum atomic E-state index is 12.2. The monoisotopic (exact) mass is 313 g/mol. The lowest BCUT2D eigenvalue weighted by Crippen LogP contribution is -2.29. The van der Waals surface area contributed by atoms with Crippen molar-refractivity contribution in [3.8, 4) is 5.75 Å². The highest BCUT2D eigenvalue weighted by molar-refractivity contribution is 7.89. The van der Waals surface area contributed by atoms with Gasteiger partial charge in [0, 0.05) is 6.54 Å². The normalized spacial score (nSPS) is 18.0. The van der Waals surface area contributed by atoms with E-state index in [1.54, 1.807) is 18.2 Å². The summed E-state index contributed by atoms with van der Waals surface area (Å²) < 4.78 is 32.7. The van der Waals surface area contributed by atoms with Crippen molar-refractivity contribution in [2.24, 2.45) is 0 Å². The second kappa shape index (κ2) is 6.64. The Hall–Kier alpha value is -1.31. The number of fused-ring (bicyclic) bond motifs is 1. The quantitative estimate of drug-likeness (QED) is 0.770. The van der Waals surface area contributed by atoms with Gasteiger partial charge in [-0.25, -0.2) is 13.1 Å². The standard InChI is InChI=1S/C14H23N3O3S/c1-11-10-15-13-9-12(5-6-14(13)20-11)21(18,19)16-7-4-8-17(2)3/h5-6,9,11,15-16H,4,7-8,10H2,1-3H3. The van der Waals surface area contributed by atoms with Gasteiger partial charge >= 0.3 is 0 Å². The molecular formula is C14H23N3O3S. The molecule has 0 fully saturated rings. The Morgan fingerprint density at radius 3 is 2.90 bits per heavy atom. The Labute approximate surface area is 126 Å². The molecule has 21 heavy (non-hydrogen) atoms. The van der Waals surface area contributed by atoms with Crippen molar-refractivity contribution in [1.29, 1.82) is 0 Å². The second-order valence-corrected chi connectivity index (χ2v) is 7.29. The van der Waals surface area contributed by atoms with E-state index in [1.165, 1.54) is 0 Å². The average molecular weight is 313 g/mol. The summed E-state index contributed by atoms with van der Waals surface area (Å²) in [5.74, 6) is 0.695. The van der Waals surface area contributed by atoms with Gasteiger partial charge in [0.05, 0.1) is 17.1 Å². The highest BCUT2D eigenvalue weighted by Gasteiger charge is 2.20. The molecule has 0 radical (unpaired) electrons. The predicted molar refractivity (Wildman–Crippen MR) is 83.4 cm³/mol. The van der Waals surface area contributed by atoms with E-state index in [1.807, 2.05) is 25.9 Å². The summed E-state index contributed by atoms with van der Waals surface area (Å²) in [5.41, 5.74) is 0.726. The first-order valence-corrected chi connectivity index (χ1v) is 8.56. The molecule has 2 N–H and O–H groups in total. The van der Waals surface area contributed by atoms with E-state index in [0.717, 1.165) is 18.7 Å². The number of rotatable bonds is 6. The van der Waals surface area contributed by atoms with Crippen LogP contribution in [0.5, 0.6) is 5.75 Å². The van der Waals surface area contributed by atoms with Crippen LogP contribution in [0.25, 0.3) is 0 Å². The maximum Gasteiger partial charge on any atom is 0.240 e. The van der Waals surface area contributed by atoms with E-state index in [0.29, 0.717) is 18.8 Å². The summed E-state index contributed by atoms with van der Waals surface area (Å²) in [6, 6.07) is 4.90. The smallest absolute Gasteiger partial charge is 0.240 e. The van der Waals surface area contributed by atoms with Crippen molar-refractivity contribution >= 4 is 15.7 Å². The molecule has 1 aromatic rings. The number of hydrogen-bond donors (Lipinski definition) is 2. The van der Waals surface area contributed by atoms with Crippen LogP contribution in [0.2, 0.25) is 0 Å². The predicted octanol–water partition coefficient (Wildman–Crippen LogP) is 1.11. The summed E-state index contributed by atoms with van der Waals surface area (Å²) in [4.78, 5) is 2.28. The van der Waals surface area contributed by atoms with Gasteiger partial charge in [-0.15, -0.1) is 0 Å². The largest absolute Gasteiger partial charge is 0.487 e. The zero-order valence-electron chi connectivity index (χ0n) is 12.7. The van der Waals surface area contributed by atoms with Gasteiger partial charge in [-0.05, 0) is 52.2 Å². The SMILES string of the molecule is CC1CNc2cc(S(=O)(=O)NCCCN(C)C)ccc2O1. The minimum absolute atomic E-state index is 0.0871. The molecule has 7 heteroatoms. The first-order valence-electron chi connectivity index (χ1n) is 7.07. The van der Waals surface area contributed by atoms with Gasteiger partial charge in [-0.2, -0.15) is 0 Å². The van der Waals surface area contributed by atoms with Gasteiger partial charge in [0.15, 0.2) is 0 Å². The lowest BCUT2D eigenvalue weighted by molar-refractivity contribution is 0.226. The highest BCUT2D eigenvalue weighted by Crippen LogP contribution is 2.31. The number of nitrogens with zero attached hydrogens (tertiary/aromatic N) is 1. The average Bonchev–Trinajstić information content (AvgIpc) is 2.43. The lowest BCUT2D eigenvalue weighted by Gasteiger charge is -2.25. The molecule has 0 amide bonds. The van der Waals surface area contributed by atoms with Crippen LogP contribution < -0.4 is 14.8 Å². The molecule has 0 saturated heterocycles. The van der Waals surface area contributed by atoms with Crippen LogP contribution in [0, 0.1) is 0 Å². The molecule has 2 rings (SSSR count).